The van der Waals surface area contributed by atoms with E-state index in [-0.39, 0.29) is 79.9 Å². The number of hydrogen-bond donors (Lipinski definition) is 0. The zero-order valence-corrected chi connectivity index (χ0v) is 24.3. The number of nitrogens with zero attached hydrogens (tertiary/aromatic N) is 2. The van der Waals surface area contributed by atoms with E-state index in [0.717, 1.165) is 32.7 Å². The Labute approximate surface area is 280 Å². The maximum Gasteiger partial charge on any atom is 0.0646 e. The van der Waals surface area contributed by atoms with Gasteiger partial charge in [0.1, 0.15) is 0 Å². The third-order valence-corrected chi connectivity index (χ3v) is 8.95. The van der Waals surface area contributed by atoms with Crippen LogP contribution in [0.25, 0.3) is 87.7 Å². The molecule has 0 bridgehead atoms. The van der Waals surface area contributed by atoms with Gasteiger partial charge in [-0.15, -0.1) is 0 Å². The van der Waals surface area contributed by atoms with Crippen LogP contribution < -0.4 is 0 Å². The molecule has 0 aliphatic rings. The van der Waals surface area contributed by atoms with Crippen molar-refractivity contribution in [3.05, 3.63) is 170 Å². The monoisotopic (exact) mass is 594 g/mol. The highest BCUT2D eigenvalue weighted by Crippen LogP contribution is 2.42. The fraction of sp³-hybridized carbons (Fsp3) is 0. The van der Waals surface area contributed by atoms with Crippen LogP contribution >= 0.6 is 0 Å². The molecule has 0 radical (unpaired) electrons. The molecule has 0 saturated heterocycles. The highest BCUT2D eigenvalue weighted by molar-refractivity contribution is 6.29. The maximum atomic E-state index is 9.64. The molecule has 214 valence electrons. The second kappa shape index (κ2) is 9.69. The van der Waals surface area contributed by atoms with Crippen molar-refractivity contribution in [1.82, 2.24) is 9.13 Å². The van der Waals surface area contributed by atoms with E-state index < -0.39 is 24.2 Å². The molecule has 2 heterocycles. The van der Waals surface area contributed by atoms with Crippen molar-refractivity contribution < 1.29 is 13.7 Å². The third-order valence-electron chi connectivity index (χ3n) is 8.95. The summed E-state index contributed by atoms with van der Waals surface area (Å²) in [4.78, 5) is 0. The number of hydrogen-bond acceptors (Lipinski definition) is 0. The maximum absolute atomic E-state index is 9.64. The SMILES string of the molecule is [2H]c1c([2H])c([2H])c2c(c1[2H])c1c3c4c([2H])c([2H])c([2H])c([2H])c4n(-c4ccc5ccccc5c4)c3c([2H])c([2H])c1n2-c1ccc(-c2ccc3ccccc3c2)cc1. The van der Waals surface area contributed by atoms with Crippen LogP contribution in [0, 0.1) is 0 Å². The highest BCUT2D eigenvalue weighted by atomic mass is 15.0. The molecule has 0 saturated carbocycles. The average molecular weight is 595 g/mol. The fourth-order valence-corrected chi connectivity index (χ4v) is 6.84. The fourth-order valence-electron chi connectivity index (χ4n) is 6.84. The Morgan fingerprint density at radius 2 is 0.848 bits per heavy atom. The molecule has 2 nitrogen and oxygen atoms in total. The second-order valence-corrected chi connectivity index (χ2v) is 11.5. The smallest absolute Gasteiger partial charge is 0.0646 e. The minimum atomic E-state index is -0.483. The zero-order valence-electron chi connectivity index (χ0n) is 34.3. The summed E-state index contributed by atoms with van der Waals surface area (Å²) < 4.78 is 94.2. The van der Waals surface area contributed by atoms with E-state index >= 15 is 0 Å². The molecule has 10 aromatic rings. The Balaban J connectivity index is 1.38. The number of rotatable bonds is 3. The molecule has 10 rings (SSSR count). The molecule has 0 aliphatic heterocycles. The van der Waals surface area contributed by atoms with Crippen molar-refractivity contribution in [3.63, 3.8) is 0 Å². The van der Waals surface area contributed by atoms with Crippen LogP contribution in [-0.2, 0) is 0 Å². The highest BCUT2D eigenvalue weighted by Gasteiger charge is 2.20. The lowest BCUT2D eigenvalue weighted by Crippen LogP contribution is -1.95. The lowest BCUT2D eigenvalue weighted by atomic mass is 10.0. The van der Waals surface area contributed by atoms with E-state index in [4.69, 9.17) is 5.48 Å². The quantitative estimate of drug-likeness (QED) is 0.193. The summed E-state index contributed by atoms with van der Waals surface area (Å²) in [6.07, 6.45) is 0. The molecular weight excluding hydrogens is 556 g/mol. The molecule has 0 spiro atoms. The summed E-state index contributed by atoms with van der Waals surface area (Å²) >= 11 is 0. The van der Waals surface area contributed by atoms with Crippen LogP contribution in [0.3, 0.4) is 0 Å². The van der Waals surface area contributed by atoms with Gasteiger partial charge in [-0.25, -0.2) is 0 Å². The van der Waals surface area contributed by atoms with E-state index in [0.29, 0.717) is 11.4 Å². The van der Waals surface area contributed by atoms with Gasteiger partial charge in [0.2, 0.25) is 0 Å². The minimum Gasteiger partial charge on any atom is -0.309 e. The van der Waals surface area contributed by atoms with Crippen molar-refractivity contribution in [2.75, 3.05) is 0 Å². The Morgan fingerprint density at radius 1 is 0.370 bits per heavy atom. The van der Waals surface area contributed by atoms with Gasteiger partial charge in [0.25, 0.3) is 0 Å². The van der Waals surface area contributed by atoms with Crippen molar-refractivity contribution in [2.24, 2.45) is 0 Å². The van der Waals surface area contributed by atoms with Gasteiger partial charge in [0.05, 0.1) is 35.8 Å². The lowest BCUT2D eigenvalue weighted by molar-refractivity contribution is 1.17. The van der Waals surface area contributed by atoms with Crippen LogP contribution in [0.5, 0.6) is 0 Å². The second-order valence-electron chi connectivity index (χ2n) is 11.5. The molecule has 0 atom stereocenters. The Morgan fingerprint density at radius 3 is 1.48 bits per heavy atom. The summed E-state index contributed by atoms with van der Waals surface area (Å²) in [7, 11) is 0. The van der Waals surface area contributed by atoms with Crippen molar-refractivity contribution in [2.45, 2.75) is 0 Å². The van der Waals surface area contributed by atoms with Gasteiger partial charge in [-0.3, -0.25) is 0 Å². The van der Waals surface area contributed by atoms with Crippen LogP contribution in [-0.4, -0.2) is 9.13 Å². The van der Waals surface area contributed by atoms with Crippen LogP contribution in [0.4, 0.5) is 0 Å². The van der Waals surface area contributed by atoms with Gasteiger partial charge in [0.15, 0.2) is 0 Å². The van der Waals surface area contributed by atoms with Gasteiger partial charge in [-0.2, -0.15) is 0 Å². The Kier molecular flexibility index (Phi) is 3.66. The van der Waals surface area contributed by atoms with Crippen LogP contribution in [0.2, 0.25) is 0 Å². The number of para-hydroxylation sites is 2. The molecule has 2 heteroatoms. The van der Waals surface area contributed by atoms with Gasteiger partial charge >= 0.3 is 0 Å². The minimum absolute atomic E-state index is 0.0908. The molecule has 2 aromatic heterocycles. The number of aromatic nitrogens is 2. The summed E-state index contributed by atoms with van der Waals surface area (Å²) in [5.74, 6) is 0. The first-order valence-corrected chi connectivity index (χ1v) is 15.0. The zero-order chi connectivity index (χ0) is 38.9. The normalized spacial score (nSPS) is 15.0. The Bertz CT molecular complexity index is 3360. The molecule has 0 aliphatic carbocycles. The van der Waals surface area contributed by atoms with Gasteiger partial charge in [0, 0.05) is 32.9 Å². The molecule has 0 N–H and O–H groups in total. The predicted octanol–water partition coefficient (Wildman–Crippen LogP) is 11.9. The van der Waals surface area contributed by atoms with E-state index in [1.54, 1.807) is 9.13 Å². The topological polar surface area (TPSA) is 9.86 Å². The Hall–Kier alpha value is -6.12. The molecule has 46 heavy (non-hydrogen) atoms. The standard InChI is InChI=1S/C44H28N2/c1-3-11-32-27-34(18-17-29(32)9-1)31-19-22-35(23-20-31)45-39-15-7-5-13-37(39)43-41(45)25-26-42-44(43)38-14-6-8-16-40(38)46(42)36-24-21-30-10-2-4-12-33(30)28-36/h1-28H/i5D,6D,7D,8D,13D,14D,15D,16D,25D,26D. The first kappa shape index (κ1) is 17.4. The van der Waals surface area contributed by atoms with Gasteiger partial charge in [-0.1, -0.05) is 115 Å². The summed E-state index contributed by atoms with van der Waals surface area (Å²) in [6, 6.07) is 31.2. The van der Waals surface area contributed by atoms with E-state index in [9.17, 15) is 8.22 Å². The van der Waals surface area contributed by atoms with Crippen molar-refractivity contribution >= 4 is 65.2 Å². The van der Waals surface area contributed by atoms with E-state index in [1.165, 1.54) is 0 Å². The lowest BCUT2D eigenvalue weighted by Gasteiger charge is -2.11. The number of benzene rings is 8. The molecule has 8 aromatic carbocycles. The van der Waals surface area contributed by atoms with Gasteiger partial charge in [-0.05, 0) is 87.2 Å². The van der Waals surface area contributed by atoms with E-state index in [2.05, 4.69) is 12.1 Å². The molecular formula is C44H28N2. The average Bonchev–Trinajstić information content (AvgIpc) is 3.77. The van der Waals surface area contributed by atoms with Crippen molar-refractivity contribution in [3.8, 4) is 22.5 Å². The molecule has 0 unspecified atom stereocenters. The third kappa shape index (κ3) is 3.65. The van der Waals surface area contributed by atoms with Crippen LogP contribution in [0.15, 0.2) is 170 Å². The van der Waals surface area contributed by atoms with E-state index in [1.807, 2.05) is 97.1 Å². The van der Waals surface area contributed by atoms with Crippen LogP contribution in [0.1, 0.15) is 13.7 Å². The molecule has 0 fully saturated rings. The summed E-state index contributed by atoms with van der Waals surface area (Å²) in [5, 5.41) is 4.59. The summed E-state index contributed by atoms with van der Waals surface area (Å²) in [5.41, 5.74) is 3.35. The van der Waals surface area contributed by atoms with Crippen molar-refractivity contribution in [1.29, 1.82) is 0 Å². The molecule has 0 amide bonds. The first-order valence-electron chi connectivity index (χ1n) is 20.0. The summed E-state index contributed by atoms with van der Waals surface area (Å²) in [6.45, 7) is 0. The predicted molar refractivity (Wildman–Crippen MR) is 196 cm³/mol. The largest absolute Gasteiger partial charge is 0.309 e. The number of fused-ring (bicyclic) bond motifs is 9. The van der Waals surface area contributed by atoms with Gasteiger partial charge < -0.3 is 9.13 Å². The first-order chi connectivity index (χ1) is 27.0.